The van der Waals surface area contributed by atoms with Crippen LogP contribution < -0.4 is 15.8 Å². The Bertz CT molecular complexity index is 666. The van der Waals surface area contributed by atoms with Gasteiger partial charge in [0, 0.05) is 11.4 Å². The number of aryl methyl sites for hydroxylation is 2. The summed E-state index contributed by atoms with van der Waals surface area (Å²) in [4.78, 5) is 12.9. The van der Waals surface area contributed by atoms with Crippen LogP contribution in [0.2, 0.25) is 0 Å². The number of guanidine groups is 1. The molecule has 0 radical (unpaired) electrons. The highest BCUT2D eigenvalue weighted by molar-refractivity contribution is 14.0. The van der Waals surface area contributed by atoms with E-state index in [4.69, 9.17) is 10.5 Å². The molecule has 2 aromatic rings. The molecule has 3 N–H and O–H groups in total. The molecule has 6 nitrogen and oxygen atoms in total. The average Bonchev–Trinajstić information content (AvgIpc) is 2.46. The van der Waals surface area contributed by atoms with E-state index in [9.17, 15) is 0 Å². The van der Waals surface area contributed by atoms with E-state index >= 15 is 0 Å². The Hall–Kier alpha value is -1.90. The molecule has 0 bridgehead atoms. The van der Waals surface area contributed by atoms with Crippen molar-refractivity contribution in [3.05, 3.63) is 47.5 Å². The van der Waals surface area contributed by atoms with Crippen LogP contribution in [0.1, 0.15) is 31.1 Å². The van der Waals surface area contributed by atoms with Crippen LogP contribution in [0.15, 0.2) is 35.3 Å². The Labute approximate surface area is 160 Å². The number of aliphatic imine (C=N–C) groups is 1. The molecule has 24 heavy (non-hydrogen) atoms. The molecule has 0 atom stereocenters. The van der Waals surface area contributed by atoms with E-state index in [1.807, 2.05) is 58.0 Å². The second-order valence-corrected chi connectivity index (χ2v) is 5.57. The highest BCUT2D eigenvalue weighted by Crippen LogP contribution is 2.16. The first-order valence-corrected chi connectivity index (χ1v) is 7.57. The van der Waals surface area contributed by atoms with E-state index in [2.05, 4.69) is 20.3 Å². The van der Waals surface area contributed by atoms with Crippen molar-refractivity contribution in [1.82, 2.24) is 9.97 Å². The minimum absolute atomic E-state index is 0. The lowest BCUT2D eigenvalue weighted by Gasteiger charge is -2.11. The number of hydrogen-bond donors (Lipinski definition) is 2. The quantitative estimate of drug-likeness (QED) is 0.422. The number of hydrogen-bond acceptors (Lipinski definition) is 4. The van der Waals surface area contributed by atoms with E-state index in [0.29, 0.717) is 12.5 Å². The second-order valence-electron chi connectivity index (χ2n) is 5.57. The minimum atomic E-state index is 0. The smallest absolute Gasteiger partial charge is 0.193 e. The Balaban J connectivity index is 0.00000288. The predicted molar refractivity (Wildman–Crippen MR) is 108 cm³/mol. The highest BCUT2D eigenvalue weighted by atomic mass is 127. The Morgan fingerprint density at radius 3 is 2.46 bits per heavy atom. The highest BCUT2D eigenvalue weighted by Gasteiger charge is 2.01. The van der Waals surface area contributed by atoms with Gasteiger partial charge in [0.15, 0.2) is 5.96 Å². The van der Waals surface area contributed by atoms with Gasteiger partial charge in [-0.25, -0.2) is 15.0 Å². The predicted octanol–water partition coefficient (Wildman–Crippen LogP) is 3.43. The first-order valence-electron chi connectivity index (χ1n) is 7.57. The summed E-state index contributed by atoms with van der Waals surface area (Å²) in [6.45, 7) is 8.20. The third kappa shape index (κ3) is 6.69. The van der Waals surface area contributed by atoms with Crippen LogP contribution in [0.25, 0.3) is 0 Å². The Morgan fingerprint density at radius 2 is 1.88 bits per heavy atom. The van der Waals surface area contributed by atoms with E-state index in [1.165, 1.54) is 0 Å². The summed E-state index contributed by atoms with van der Waals surface area (Å²) in [7, 11) is 0. The molecule has 0 amide bonds. The molecule has 0 aliphatic rings. The van der Waals surface area contributed by atoms with Gasteiger partial charge in [0.1, 0.15) is 11.6 Å². The average molecular weight is 441 g/mol. The maximum Gasteiger partial charge on any atom is 0.193 e. The van der Waals surface area contributed by atoms with Gasteiger partial charge >= 0.3 is 0 Å². The van der Waals surface area contributed by atoms with Crippen LogP contribution in [0.3, 0.4) is 0 Å². The SMILES string of the molecule is Cc1cc(CN=C(N)Nc2ccc(OC(C)C)cc2)nc(C)n1.I. The molecular formula is C17H24IN5O. The van der Waals surface area contributed by atoms with Gasteiger partial charge in [-0.15, -0.1) is 24.0 Å². The number of rotatable bonds is 5. The standard InChI is InChI=1S/C17H23N5O.HI/c1-11(2)23-16-7-5-14(6-8-16)22-17(18)19-10-15-9-12(3)20-13(4)21-15;/h5-9,11H,10H2,1-4H3,(H3,18,19,22);1H. The molecule has 0 fully saturated rings. The third-order valence-electron chi connectivity index (χ3n) is 2.93. The van der Waals surface area contributed by atoms with Crippen molar-refractivity contribution in [1.29, 1.82) is 0 Å². The first kappa shape index (κ1) is 20.1. The van der Waals surface area contributed by atoms with Crippen molar-refractivity contribution >= 4 is 35.6 Å². The Morgan fingerprint density at radius 1 is 1.21 bits per heavy atom. The molecule has 130 valence electrons. The minimum Gasteiger partial charge on any atom is -0.491 e. The van der Waals surface area contributed by atoms with Crippen molar-refractivity contribution in [3.8, 4) is 5.75 Å². The maximum atomic E-state index is 5.91. The topological polar surface area (TPSA) is 85.4 Å². The normalized spacial score (nSPS) is 11.1. The van der Waals surface area contributed by atoms with Gasteiger partial charge in [0.05, 0.1) is 18.3 Å². The summed E-state index contributed by atoms with van der Waals surface area (Å²) in [6, 6.07) is 9.50. The lowest BCUT2D eigenvalue weighted by molar-refractivity contribution is 0.242. The van der Waals surface area contributed by atoms with E-state index in [-0.39, 0.29) is 30.1 Å². The number of aromatic nitrogens is 2. The summed E-state index contributed by atoms with van der Waals surface area (Å²) in [6.07, 6.45) is 0.153. The zero-order chi connectivity index (χ0) is 16.8. The molecule has 0 aliphatic heterocycles. The van der Waals surface area contributed by atoms with Crippen LogP contribution in [0, 0.1) is 13.8 Å². The largest absolute Gasteiger partial charge is 0.491 e. The van der Waals surface area contributed by atoms with Crippen LogP contribution in [0.5, 0.6) is 5.75 Å². The molecule has 0 spiro atoms. The fraction of sp³-hybridized carbons (Fsp3) is 0.353. The summed E-state index contributed by atoms with van der Waals surface area (Å²) in [5.74, 6) is 1.91. The zero-order valence-corrected chi connectivity index (χ0v) is 16.7. The molecule has 0 saturated heterocycles. The fourth-order valence-electron chi connectivity index (χ4n) is 2.12. The van der Waals surface area contributed by atoms with Crippen molar-refractivity contribution in [2.24, 2.45) is 10.7 Å². The monoisotopic (exact) mass is 441 g/mol. The van der Waals surface area contributed by atoms with Crippen molar-refractivity contribution in [2.45, 2.75) is 40.3 Å². The number of nitrogens with zero attached hydrogens (tertiary/aromatic N) is 3. The molecule has 0 aliphatic carbocycles. The Kier molecular flexibility index (Phi) is 7.90. The van der Waals surface area contributed by atoms with Gasteiger partial charge in [0.2, 0.25) is 0 Å². The van der Waals surface area contributed by atoms with E-state index in [1.54, 1.807) is 0 Å². The summed E-state index contributed by atoms with van der Waals surface area (Å²) < 4.78 is 5.60. The molecule has 1 heterocycles. The van der Waals surface area contributed by atoms with Gasteiger partial charge in [-0.1, -0.05) is 0 Å². The van der Waals surface area contributed by atoms with Crippen molar-refractivity contribution in [3.63, 3.8) is 0 Å². The fourth-order valence-corrected chi connectivity index (χ4v) is 2.12. The molecule has 0 saturated carbocycles. The lowest BCUT2D eigenvalue weighted by atomic mass is 10.3. The molecule has 1 aromatic heterocycles. The van der Waals surface area contributed by atoms with Crippen LogP contribution in [-0.2, 0) is 6.54 Å². The summed E-state index contributed by atoms with van der Waals surface area (Å²) in [5.41, 5.74) is 8.54. The number of halogens is 1. The van der Waals surface area contributed by atoms with Crippen LogP contribution in [-0.4, -0.2) is 22.0 Å². The van der Waals surface area contributed by atoms with Crippen molar-refractivity contribution < 1.29 is 4.74 Å². The van der Waals surface area contributed by atoms with Gasteiger partial charge in [0.25, 0.3) is 0 Å². The summed E-state index contributed by atoms with van der Waals surface area (Å²) >= 11 is 0. The molecule has 2 rings (SSSR count). The zero-order valence-electron chi connectivity index (χ0n) is 14.4. The van der Waals surface area contributed by atoms with E-state index < -0.39 is 0 Å². The molecular weight excluding hydrogens is 417 g/mol. The van der Waals surface area contributed by atoms with Gasteiger partial charge in [-0.3, -0.25) is 0 Å². The first-order chi connectivity index (χ1) is 10.9. The van der Waals surface area contributed by atoms with Gasteiger partial charge in [-0.05, 0) is 58.0 Å². The molecule has 7 heteroatoms. The van der Waals surface area contributed by atoms with Crippen LogP contribution in [0.4, 0.5) is 5.69 Å². The number of benzene rings is 1. The van der Waals surface area contributed by atoms with Crippen LogP contribution >= 0.6 is 24.0 Å². The number of ether oxygens (including phenoxy) is 1. The number of anilines is 1. The number of nitrogens with one attached hydrogen (secondary N) is 1. The maximum absolute atomic E-state index is 5.91. The number of nitrogens with two attached hydrogens (primary N) is 1. The lowest BCUT2D eigenvalue weighted by Crippen LogP contribution is -2.22. The van der Waals surface area contributed by atoms with Gasteiger partial charge in [-0.2, -0.15) is 0 Å². The third-order valence-corrected chi connectivity index (χ3v) is 2.93. The second kappa shape index (κ2) is 9.41. The molecule has 1 aromatic carbocycles. The van der Waals surface area contributed by atoms with E-state index in [0.717, 1.165) is 28.6 Å². The molecule has 0 unspecified atom stereocenters. The van der Waals surface area contributed by atoms with Gasteiger partial charge < -0.3 is 15.8 Å². The summed E-state index contributed by atoms with van der Waals surface area (Å²) in [5, 5.41) is 3.05. The van der Waals surface area contributed by atoms with Crippen molar-refractivity contribution in [2.75, 3.05) is 5.32 Å².